The highest BCUT2D eigenvalue weighted by molar-refractivity contribution is 5.96. The summed E-state index contributed by atoms with van der Waals surface area (Å²) in [4.78, 5) is 26.0. The number of hydrogen-bond acceptors (Lipinski definition) is 6. The van der Waals surface area contributed by atoms with Crippen molar-refractivity contribution in [3.05, 3.63) is 48.0 Å². The minimum absolute atomic E-state index is 0.376. The Morgan fingerprint density at radius 1 is 1.08 bits per heavy atom. The Labute approximate surface area is 151 Å². The highest BCUT2D eigenvalue weighted by Gasteiger charge is 2.14. The number of carbonyl (C=O) groups is 2. The Hall–Kier alpha value is -3.22. The lowest BCUT2D eigenvalue weighted by Crippen LogP contribution is -2.21. The maximum atomic E-state index is 12.1. The molecule has 2 aromatic rings. The van der Waals surface area contributed by atoms with Crippen LogP contribution in [0.15, 0.2) is 42.5 Å². The molecule has 0 aromatic heterocycles. The van der Waals surface area contributed by atoms with Crippen molar-refractivity contribution in [3.63, 3.8) is 0 Å². The Kier molecular flexibility index (Phi) is 5.26. The molecule has 0 saturated heterocycles. The molecule has 0 saturated carbocycles. The number of anilines is 2. The molecule has 1 heterocycles. The van der Waals surface area contributed by atoms with Crippen molar-refractivity contribution in [2.24, 2.45) is 0 Å². The molecule has 0 atom stereocenters. The molecule has 0 fully saturated rings. The van der Waals surface area contributed by atoms with E-state index in [-0.39, 0.29) is 6.61 Å². The van der Waals surface area contributed by atoms with Crippen LogP contribution in [-0.4, -0.2) is 45.8 Å². The first-order valence-electron chi connectivity index (χ1n) is 8.17. The first kappa shape index (κ1) is 17.6. The average molecular weight is 356 g/mol. The average Bonchev–Trinajstić information content (AvgIpc) is 2.66. The summed E-state index contributed by atoms with van der Waals surface area (Å²) >= 11 is 0. The van der Waals surface area contributed by atoms with Gasteiger partial charge in [-0.1, -0.05) is 6.07 Å². The maximum Gasteiger partial charge on any atom is 0.338 e. The lowest BCUT2D eigenvalue weighted by molar-refractivity contribution is -0.119. The van der Waals surface area contributed by atoms with Crippen LogP contribution in [0.5, 0.6) is 11.5 Å². The first-order chi connectivity index (χ1) is 12.5. The third-order valence-corrected chi connectivity index (χ3v) is 3.76. The lowest BCUT2D eigenvalue weighted by Gasteiger charge is -2.19. The molecule has 1 amide bonds. The monoisotopic (exact) mass is 356 g/mol. The van der Waals surface area contributed by atoms with Crippen molar-refractivity contribution in [1.82, 2.24) is 0 Å². The molecule has 0 radical (unpaired) electrons. The Bertz CT molecular complexity index is 819. The van der Waals surface area contributed by atoms with E-state index in [2.05, 4.69) is 5.32 Å². The quantitative estimate of drug-likeness (QED) is 0.829. The van der Waals surface area contributed by atoms with Gasteiger partial charge < -0.3 is 24.4 Å². The fraction of sp³-hybridized carbons (Fsp3) is 0.263. The van der Waals surface area contributed by atoms with E-state index in [1.165, 1.54) is 0 Å². The van der Waals surface area contributed by atoms with Crippen molar-refractivity contribution < 1.29 is 23.8 Å². The van der Waals surface area contributed by atoms with Gasteiger partial charge in [0.2, 0.25) is 0 Å². The van der Waals surface area contributed by atoms with Crippen LogP contribution in [0.2, 0.25) is 0 Å². The standard InChI is InChI=1S/C19H20N2O5/c1-21(2)15-5-3-4-13(10-15)19(23)26-12-18(22)20-14-6-7-16-17(11-14)25-9-8-24-16/h3-7,10-11H,8-9,12H2,1-2H3,(H,20,22). The minimum Gasteiger partial charge on any atom is -0.486 e. The molecule has 136 valence electrons. The van der Waals surface area contributed by atoms with E-state index in [1.54, 1.807) is 36.4 Å². The number of ether oxygens (including phenoxy) is 3. The molecule has 0 spiro atoms. The number of rotatable bonds is 5. The van der Waals surface area contributed by atoms with Gasteiger partial charge in [-0.05, 0) is 30.3 Å². The maximum absolute atomic E-state index is 12.1. The largest absolute Gasteiger partial charge is 0.486 e. The van der Waals surface area contributed by atoms with Crippen molar-refractivity contribution in [2.45, 2.75) is 0 Å². The van der Waals surface area contributed by atoms with Crippen molar-refractivity contribution in [3.8, 4) is 11.5 Å². The number of benzene rings is 2. The van der Waals surface area contributed by atoms with Gasteiger partial charge in [-0.25, -0.2) is 4.79 Å². The second-order valence-corrected chi connectivity index (χ2v) is 5.93. The second-order valence-electron chi connectivity index (χ2n) is 5.93. The van der Waals surface area contributed by atoms with Crippen LogP contribution in [0.1, 0.15) is 10.4 Å². The molecule has 1 N–H and O–H groups in total. The lowest BCUT2D eigenvalue weighted by atomic mass is 10.2. The van der Waals surface area contributed by atoms with Crippen molar-refractivity contribution in [2.75, 3.05) is 44.1 Å². The number of hydrogen-bond donors (Lipinski definition) is 1. The molecule has 7 heteroatoms. The molecule has 7 nitrogen and oxygen atoms in total. The number of amides is 1. The summed E-state index contributed by atoms with van der Waals surface area (Å²) in [5.41, 5.74) is 1.81. The van der Waals surface area contributed by atoms with Crippen molar-refractivity contribution in [1.29, 1.82) is 0 Å². The van der Waals surface area contributed by atoms with Gasteiger partial charge in [0.1, 0.15) is 13.2 Å². The molecule has 3 rings (SSSR count). The summed E-state index contributed by atoms with van der Waals surface area (Å²) in [6.07, 6.45) is 0. The molecule has 0 aliphatic carbocycles. The fourth-order valence-electron chi connectivity index (χ4n) is 2.44. The summed E-state index contributed by atoms with van der Waals surface area (Å²) < 4.78 is 16.0. The van der Waals surface area contributed by atoms with E-state index in [9.17, 15) is 9.59 Å². The van der Waals surface area contributed by atoms with Gasteiger partial charge in [0.25, 0.3) is 5.91 Å². The third-order valence-electron chi connectivity index (χ3n) is 3.76. The SMILES string of the molecule is CN(C)c1cccc(C(=O)OCC(=O)Nc2ccc3c(c2)OCCO3)c1. The van der Waals surface area contributed by atoms with E-state index in [0.29, 0.717) is 36.0 Å². The van der Waals surface area contributed by atoms with Crippen LogP contribution < -0.4 is 19.7 Å². The van der Waals surface area contributed by atoms with E-state index >= 15 is 0 Å². The minimum atomic E-state index is -0.550. The molecule has 1 aliphatic heterocycles. The van der Waals surface area contributed by atoms with Crippen LogP contribution in [0, 0.1) is 0 Å². The topological polar surface area (TPSA) is 77.1 Å². The van der Waals surface area contributed by atoms with Gasteiger partial charge in [-0.15, -0.1) is 0 Å². The number of carbonyl (C=O) groups excluding carboxylic acids is 2. The predicted molar refractivity (Wildman–Crippen MR) is 97.1 cm³/mol. The summed E-state index contributed by atoms with van der Waals surface area (Å²) in [6.45, 7) is 0.594. The number of esters is 1. The Morgan fingerprint density at radius 3 is 2.62 bits per heavy atom. The van der Waals surface area contributed by atoms with Gasteiger partial charge >= 0.3 is 5.97 Å². The molecular formula is C19H20N2O5. The molecule has 0 unspecified atom stereocenters. The predicted octanol–water partition coefficient (Wildman–Crippen LogP) is 2.32. The van der Waals surface area contributed by atoms with Crippen LogP contribution in [-0.2, 0) is 9.53 Å². The van der Waals surface area contributed by atoms with E-state index in [0.717, 1.165) is 5.69 Å². The van der Waals surface area contributed by atoms with E-state index in [1.807, 2.05) is 25.1 Å². The normalized spacial score (nSPS) is 12.2. The highest BCUT2D eigenvalue weighted by Crippen LogP contribution is 2.32. The van der Waals surface area contributed by atoms with Gasteiger partial charge in [0, 0.05) is 31.5 Å². The van der Waals surface area contributed by atoms with Gasteiger partial charge in [-0.3, -0.25) is 4.79 Å². The fourth-order valence-corrected chi connectivity index (χ4v) is 2.44. The summed E-state index contributed by atoms with van der Waals surface area (Å²) in [5.74, 6) is 0.234. The van der Waals surface area contributed by atoms with Crippen LogP contribution >= 0.6 is 0 Å². The van der Waals surface area contributed by atoms with E-state index in [4.69, 9.17) is 14.2 Å². The summed E-state index contributed by atoms with van der Waals surface area (Å²) in [6, 6.07) is 12.1. The van der Waals surface area contributed by atoms with Gasteiger partial charge in [0.05, 0.1) is 5.56 Å². The van der Waals surface area contributed by atoms with Crippen molar-refractivity contribution >= 4 is 23.3 Å². The molecule has 2 aromatic carbocycles. The third kappa shape index (κ3) is 4.24. The Morgan fingerprint density at radius 2 is 1.85 bits per heavy atom. The smallest absolute Gasteiger partial charge is 0.338 e. The molecule has 26 heavy (non-hydrogen) atoms. The zero-order valence-corrected chi connectivity index (χ0v) is 14.7. The molecule has 1 aliphatic rings. The van der Waals surface area contributed by atoms with Crippen LogP contribution in [0.4, 0.5) is 11.4 Å². The summed E-state index contributed by atoms with van der Waals surface area (Å²) in [5, 5.41) is 2.67. The van der Waals surface area contributed by atoms with Gasteiger partial charge in [-0.2, -0.15) is 0 Å². The number of nitrogens with zero attached hydrogens (tertiary/aromatic N) is 1. The Balaban J connectivity index is 1.55. The zero-order chi connectivity index (χ0) is 18.5. The molecule has 0 bridgehead atoms. The van der Waals surface area contributed by atoms with E-state index < -0.39 is 11.9 Å². The van der Waals surface area contributed by atoms with Crippen LogP contribution in [0.3, 0.4) is 0 Å². The van der Waals surface area contributed by atoms with Gasteiger partial charge in [0.15, 0.2) is 18.1 Å². The number of fused-ring (bicyclic) bond motifs is 1. The summed E-state index contributed by atoms with van der Waals surface area (Å²) in [7, 11) is 3.76. The zero-order valence-electron chi connectivity index (χ0n) is 14.7. The first-order valence-corrected chi connectivity index (χ1v) is 8.17. The van der Waals surface area contributed by atoms with Crippen LogP contribution in [0.25, 0.3) is 0 Å². The molecular weight excluding hydrogens is 336 g/mol. The number of nitrogens with one attached hydrogen (secondary N) is 1. The second kappa shape index (κ2) is 7.77. The highest BCUT2D eigenvalue weighted by atomic mass is 16.6.